The molecule has 0 bridgehead atoms. The van der Waals surface area contributed by atoms with Crippen LogP contribution in [-0.2, 0) is 19.1 Å². The Balaban J connectivity index is 1.74. The summed E-state index contributed by atoms with van der Waals surface area (Å²) < 4.78 is 5.06. The Kier molecular flexibility index (Phi) is 6.64. The molecule has 1 fully saturated rings. The second-order valence-corrected chi connectivity index (χ2v) is 6.06. The molecule has 9 heteroatoms. The highest BCUT2D eigenvalue weighted by Crippen LogP contribution is 2.11. The van der Waals surface area contributed by atoms with Crippen LogP contribution in [0.25, 0.3) is 0 Å². The van der Waals surface area contributed by atoms with Gasteiger partial charge in [0, 0.05) is 24.2 Å². The van der Waals surface area contributed by atoms with Gasteiger partial charge in [-0.25, -0.2) is 4.79 Å². The van der Waals surface area contributed by atoms with E-state index in [-0.39, 0.29) is 37.6 Å². The lowest BCUT2D eigenvalue weighted by Gasteiger charge is -2.15. The Bertz CT molecular complexity index is 743. The summed E-state index contributed by atoms with van der Waals surface area (Å²) in [6, 6.07) is 5.87. The summed E-state index contributed by atoms with van der Waals surface area (Å²) in [6.07, 6.45) is -0.789. The van der Waals surface area contributed by atoms with Gasteiger partial charge < -0.3 is 15.4 Å². The van der Waals surface area contributed by atoms with Gasteiger partial charge in [-0.2, -0.15) is 0 Å². The van der Waals surface area contributed by atoms with Crippen molar-refractivity contribution in [3.8, 4) is 0 Å². The van der Waals surface area contributed by atoms with Gasteiger partial charge in [-0.15, -0.1) is 0 Å². The second-order valence-electron chi connectivity index (χ2n) is 6.06. The number of nitrogens with zero attached hydrogens (tertiary/aromatic N) is 1. The van der Waals surface area contributed by atoms with Crippen molar-refractivity contribution in [2.75, 3.05) is 18.4 Å². The monoisotopic (exact) mass is 375 g/mol. The highest BCUT2D eigenvalue weighted by atomic mass is 16.5. The van der Waals surface area contributed by atoms with Crippen LogP contribution >= 0.6 is 0 Å². The van der Waals surface area contributed by atoms with Crippen LogP contribution in [0.5, 0.6) is 0 Å². The Labute approximate surface area is 156 Å². The third-order valence-corrected chi connectivity index (χ3v) is 3.94. The number of nitrogens with one attached hydrogen (secondary N) is 2. The third-order valence-electron chi connectivity index (χ3n) is 3.94. The maximum Gasteiger partial charge on any atom is 0.324 e. The van der Waals surface area contributed by atoms with Crippen molar-refractivity contribution in [3.05, 3.63) is 29.8 Å². The average Bonchev–Trinajstić information content (AvgIpc) is 2.94. The van der Waals surface area contributed by atoms with Crippen LogP contribution in [0.4, 0.5) is 10.5 Å². The number of Topliss-reactive ketones (excluding diaryl/α,β-unsaturated/α-hetero) is 1. The predicted molar refractivity (Wildman–Crippen MR) is 95.0 cm³/mol. The lowest BCUT2D eigenvalue weighted by atomic mass is 10.1. The van der Waals surface area contributed by atoms with Crippen molar-refractivity contribution in [1.29, 1.82) is 0 Å². The first-order valence-corrected chi connectivity index (χ1v) is 8.47. The summed E-state index contributed by atoms with van der Waals surface area (Å²) in [5.41, 5.74) is 1.00. The van der Waals surface area contributed by atoms with Crippen molar-refractivity contribution in [1.82, 2.24) is 10.2 Å². The molecule has 2 rings (SSSR count). The van der Waals surface area contributed by atoms with E-state index in [9.17, 15) is 24.0 Å². The summed E-state index contributed by atoms with van der Waals surface area (Å²) >= 11 is 0. The van der Waals surface area contributed by atoms with E-state index in [1.807, 2.05) is 0 Å². The van der Waals surface area contributed by atoms with Crippen molar-refractivity contribution in [2.24, 2.45) is 0 Å². The zero-order valence-electron chi connectivity index (χ0n) is 15.1. The fraction of sp³-hybridized carbons (Fsp3) is 0.389. The Hall–Kier alpha value is -3.23. The molecular formula is C18H21N3O6. The normalized spacial score (nSPS) is 14.5. The van der Waals surface area contributed by atoms with Gasteiger partial charge in [0.15, 0.2) is 11.9 Å². The summed E-state index contributed by atoms with van der Waals surface area (Å²) in [5.74, 6) is -1.52. The van der Waals surface area contributed by atoms with Crippen LogP contribution in [0.1, 0.15) is 37.0 Å². The first kappa shape index (κ1) is 20.1. The van der Waals surface area contributed by atoms with Crippen molar-refractivity contribution in [3.63, 3.8) is 0 Å². The van der Waals surface area contributed by atoms with E-state index in [2.05, 4.69) is 10.6 Å². The van der Waals surface area contributed by atoms with E-state index in [1.165, 1.54) is 13.8 Å². The van der Waals surface area contributed by atoms with Gasteiger partial charge in [0.25, 0.3) is 5.91 Å². The molecular weight excluding hydrogens is 354 g/mol. The number of urea groups is 1. The first-order valence-electron chi connectivity index (χ1n) is 8.47. The lowest BCUT2D eigenvalue weighted by molar-refractivity contribution is -0.153. The minimum atomic E-state index is -1.01. The second kappa shape index (κ2) is 8.93. The van der Waals surface area contributed by atoms with Crippen LogP contribution in [0.2, 0.25) is 0 Å². The number of ether oxygens (including phenoxy) is 1. The Morgan fingerprint density at radius 1 is 1.22 bits per heavy atom. The molecule has 1 saturated heterocycles. The molecule has 1 aliphatic heterocycles. The number of ketones is 1. The van der Waals surface area contributed by atoms with Gasteiger partial charge in [0.05, 0.1) is 6.54 Å². The number of amides is 4. The quantitative estimate of drug-likeness (QED) is 0.398. The number of anilines is 1. The molecule has 144 valence electrons. The maximum absolute atomic E-state index is 12.1. The van der Waals surface area contributed by atoms with E-state index < -0.39 is 24.0 Å². The number of hydrogen-bond donors (Lipinski definition) is 2. The van der Waals surface area contributed by atoms with Gasteiger partial charge in [-0.05, 0) is 44.5 Å². The van der Waals surface area contributed by atoms with E-state index in [1.54, 1.807) is 24.3 Å². The van der Waals surface area contributed by atoms with Gasteiger partial charge in [-0.3, -0.25) is 24.1 Å². The minimum Gasteiger partial charge on any atom is -0.453 e. The fourth-order valence-corrected chi connectivity index (χ4v) is 2.40. The average molecular weight is 375 g/mol. The standard InChI is InChI=1S/C18H21N3O6/c1-11(22)13-5-7-14(8-6-13)20-17(25)12(2)27-16(24)4-3-9-21-15(23)10-19-18(21)26/h5-8,12H,3-4,9-10H2,1-2H3,(H,19,26)(H,20,25)/t12-/m0/s1. The third kappa shape index (κ3) is 5.63. The number of imide groups is 1. The molecule has 1 atom stereocenters. The number of esters is 1. The number of rotatable bonds is 8. The van der Waals surface area contributed by atoms with Gasteiger partial charge in [-0.1, -0.05) is 0 Å². The summed E-state index contributed by atoms with van der Waals surface area (Å²) in [4.78, 5) is 58.9. The molecule has 9 nitrogen and oxygen atoms in total. The van der Waals surface area contributed by atoms with Crippen LogP contribution < -0.4 is 10.6 Å². The number of benzene rings is 1. The summed E-state index contributed by atoms with van der Waals surface area (Å²) in [7, 11) is 0. The topological polar surface area (TPSA) is 122 Å². The fourth-order valence-electron chi connectivity index (χ4n) is 2.40. The molecule has 0 unspecified atom stereocenters. The van der Waals surface area contributed by atoms with Crippen LogP contribution in [0.3, 0.4) is 0 Å². The van der Waals surface area contributed by atoms with E-state index in [0.717, 1.165) is 4.90 Å². The first-order chi connectivity index (χ1) is 12.8. The molecule has 27 heavy (non-hydrogen) atoms. The molecule has 0 spiro atoms. The van der Waals surface area contributed by atoms with Crippen LogP contribution in [0, 0.1) is 0 Å². The molecule has 2 N–H and O–H groups in total. The van der Waals surface area contributed by atoms with E-state index >= 15 is 0 Å². The number of carbonyl (C=O) groups is 5. The minimum absolute atomic E-state index is 0.0258. The van der Waals surface area contributed by atoms with Gasteiger partial charge >= 0.3 is 12.0 Å². The number of hydrogen-bond acceptors (Lipinski definition) is 6. The smallest absolute Gasteiger partial charge is 0.324 e. The lowest BCUT2D eigenvalue weighted by Crippen LogP contribution is -2.33. The molecule has 0 radical (unpaired) electrons. The summed E-state index contributed by atoms with van der Waals surface area (Å²) in [6.45, 7) is 2.96. The SMILES string of the molecule is CC(=O)c1ccc(NC(=O)[C@H](C)OC(=O)CCCN2C(=O)CNC2=O)cc1. The molecule has 1 heterocycles. The zero-order valence-corrected chi connectivity index (χ0v) is 15.1. The van der Waals surface area contributed by atoms with Crippen molar-refractivity contribution >= 4 is 35.3 Å². The molecule has 1 aromatic carbocycles. The molecule has 0 saturated carbocycles. The molecule has 1 aliphatic rings. The molecule has 0 aliphatic carbocycles. The van der Waals surface area contributed by atoms with Crippen molar-refractivity contribution in [2.45, 2.75) is 32.8 Å². The highest BCUT2D eigenvalue weighted by molar-refractivity contribution is 6.02. The van der Waals surface area contributed by atoms with Gasteiger partial charge in [0.1, 0.15) is 0 Å². The molecule has 4 amide bonds. The summed E-state index contributed by atoms with van der Waals surface area (Å²) in [5, 5.41) is 4.98. The molecule has 0 aromatic heterocycles. The molecule has 1 aromatic rings. The Morgan fingerprint density at radius 3 is 2.44 bits per heavy atom. The largest absolute Gasteiger partial charge is 0.453 e. The van der Waals surface area contributed by atoms with Crippen LogP contribution in [0.15, 0.2) is 24.3 Å². The van der Waals surface area contributed by atoms with Crippen LogP contribution in [-0.4, -0.2) is 53.7 Å². The van der Waals surface area contributed by atoms with E-state index in [4.69, 9.17) is 4.74 Å². The number of carbonyl (C=O) groups excluding carboxylic acids is 5. The highest BCUT2D eigenvalue weighted by Gasteiger charge is 2.28. The van der Waals surface area contributed by atoms with E-state index in [0.29, 0.717) is 11.3 Å². The maximum atomic E-state index is 12.1. The van der Waals surface area contributed by atoms with Crippen molar-refractivity contribution < 1.29 is 28.7 Å². The predicted octanol–water partition coefficient (Wildman–Crippen LogP) is 1.09. The Morgan fingerprint density at radius 2 is 1.89 bits per heavy atom. The van der Waals surface area contributed by atoms with Gasteiger partial charge in [0.2, 0.25) is 5.91 Å². The zero-order chi connectivity index (χ0) is 20.0.